The second-order valence-electron chi connectivity index (χ2n) is 5.57. The first-order valence-electron chi connectivity index (χ1n) is 7.59. The highest BCUT2D eigenvalue weighted by atomic mass is 35.5. The van der Waals surface area contributed by atoms with E-state index >= 15 is 0 Å². The number of hydrogen-bond acceptors (Lipinski definition) is 4. The van der Waals surface area contributed by atoms with Crippen molar-refractivity contribution < 1.29 is 9.53 Å². The Kier molecular flexibility index (Phi) is 7.89. The zero-order valence-electron chi connectivity index (χ0n) is 13.3. The standard InChI is InChI=1S/C18H20N2O2.2ClH/c19-15-10-8-14(9-11-15)18(21)22-17-7-4-12-20(13-17)16-5-2-1-3-6-16;;/h1-3,5-6,8-11,17H,4,7,12-13,19H2;2*1H. The monoisotopic (exact) mass is 368 g/mol. The molecule has 0 aliphatic carbocycles. The molecule has 1 heterocycles. The zero-order chi connectivity index (χ0) is 15.4. The average molecular weight is 369 g/mol. The number of nitrogen functional groups attached to an aromatic ring is 1. The lowest BCUT2D eigenvalue weighted by Crippen LogP contribution is -2.40. The fourth-order valence-corrected chi connectivity index (χ4v) is 2.75. The Morgan fingerprint density at radius 1 is 1.04 bits per heavy atom. The van der Waals surface area contributed by atoms with E-state index in [0.717, 1.165) is 25.9 Å². The number of carbonyl (C=O) groups is 1. The van der Waals surface area contributed by atoms with Gasteiger partial charge in [0.2, 0.25) is 0 Å². The maximum absolute atomic E-state index is 12.2. The van der Waals surface area contributed by atoms with Crippen LogP contribution in [0.15, 0.2) is 54.6 Å². The van der Waals surface area contributed by atoms with Crippen LogP contribution in [0.2, 0.25) is 0 Å². The number of hydrogen-bond donors (Lipinski definition) is 1. The summed E-state index contributed by atoms with van der Waals surface area (Å²) in [4.78, 5) is 14.5. The van der Waals surface area contributed by atoms with Crippen LogP contribution in [0.5, 0.6) is 0 Å². The molecule has 1 aliphatic heterocycles. The number of carbonyl (C=O) groups excluding carboxylic acids is 1. The minimum Gasteiger partial charge on any atom is -0.457 e. The van der Waals surface area contributed by atoms with Crippen molar-refractivity contribution in [2.24, 2.45) is 0 Å². The van der Waals surface area contributed by atoms with E-state index in [1.807, 2.05) is 18.2 Å². The van der Waals surface area contributed by atoms with Crippen molar-refractivity contribution in [1.29, 1.82) is 0 Å². The molecule has 0 amide bonds. The van der Waals surface area contributed by atoms with Gasteiger partial charge in [-0.3, -0.25) is 0 Å². The Morgan fingerprint density at radius 2 is 1.71 bits per heavy atom. The normalized spacial score (nSPS) is 16.5. The molecule has 0 aromatic heterocycles. The Labute approximate surface area is 154 Å². The highest BCUT2D eigenvalue weighted by Gasteiger charge is 2.23. The molecule has 2 aromatic rings. The lowest BCUT2D eigenvalue weighted by molar-refractivity contribution is 0.0270. The predicted octanol–water partition coefficient (Wildman–Crippen LogP) is 3.94. The summed E-state index contributed by atoms with van der Waals surface area (Å²) in [5, 5.41) is 0. The van der Waals surface area contributed by atoms with E-state index in [4.69, 9.17) is 10.5 Å². The molecule has 6 heteroatoms. The number of esters is 1. The fraction of sp³-hybridized carbons (Fsp3) is 0.278. The van der Waals surface area contributed by atoms with E-state index in [-0.39, 0.29) is 36.9 Å². The van der Waals surface area contributed by atoms with Crippen LogP contribution in [0.4, 0.5) is 11.4 Å². The minimum atomic E-state index is -0.278. The van der Waals surface area contributed by atoms with Crippen LogP contribution in [-0.4, -0.2) is 25.2 Å². The number of halogens is 2. The van der Waals surface area contributed by atoms with Crippen LogP contribution in [0.3, 0.4) is 0 Å². The number of piperidine rings is 1. The fourth-order valence-electron chi connectivity index (χ4n) is 2.75. The van der Waals surface area contributed by atoms with Crippen molar-refractivity contribution in [2.75, 3.05) is 23.7 Å². The van der Waals surface area contributed by atoms with Gasteiger partial charge in [-0.25, -0.2) is 4.79 Å². The molecule has 2 aromatic carbocycles. The van der Waals surface area contributed by atoms with Gasteiger partial charge in [0.05, 0.1) is 12.1 Å². The Bertz CT molecular complexity index is 635. The van der Waals surface area contributed by atoms with Crippen LogP contribution in [0.1, 0.15) is 23.2 Å². The molecule has 1 saturated heterocycles. The summed E-state index contributed by atoms with van der Waals surface area (Å²) in [6.45, 7) is 1.74. The quantitative estimate of drug-likeness (QED) is 0.658. The molecule has 0 saturated carbocycles. The molecule has 1 atom stereocenters. The molecule has 24 heavy (non-hydrogen) atoms. The first-order chi connectivity index (χ1) is 10.7. The van der Waals surface area contributed by atoms with Gasteiger partial charge in [-0.15, -0.1) is 24.8 Å². The molecule has 130 valence electrons. The van der Waals surface area contributed by atoms with Gasteiger partial charge in [0.15, 0.2) is 0 Å². The van der Waals surface area contributed by atoms with Crippen molar-refractivity contribution in [3.8, 4) is 0 Å². The molecule has 1 aliphatic rings. The van der Waals surface area contributed by atoms with Crippen molar-refractivity contribution in [3.05, 3.63) is 60.2 Å². The maximum atomic E-state index is 12.2. The lowest BCUT2D eigenvalue weighted by Gasteiger charge is -2.34. The second-order valence-corrected chi connectivity index (χ2v) is 5.57. The van der Waals surface area contributed by atoms with Crippen molar-refractivity contribution in [1.82, 2.24) is 0 Å². The van der Waals surface area contributed by atoms with E-state index in [1.165, 1.54) is 5.69 Å². The van der Waals surface area contributed by atoms with E-state index in [1.54, 1.807) is 24.3 Å². The molecule has 3 rings (SSSR count). The van der Waals surface area contributed by atoms with E-state index < -0.39 is 0 Å². The largest absolute Gasteiger partial charge is 0.457 e. The van der Waals surface area contributed by atoms with Crippen molar-refractivity contribution in [3.63, 3.8) is 0 Å². The third kappa shape index (κ3) is 5.05. The zero-order valence-corrected chi connectivity index (χ0v) is 14.9. The summed E-state index contributed by atoms with van der Waals surface area (Å²) in [6.07, 6.45) is 1.86. The number of nitrogens with two attached hydrogens (primary N) is 1. The number of anilines is 2. The molecular formula is C18H22Cl2N2O2. The molecule has 0 spiro atoms. The van der Waals surface area contributed by atoms with Gasteiger partial charge in [-0.1, -0.05) is 18.2 Å². The summed E-state index contributed by atoms with van der Waals surface area (Å²) in [5.41, 5.74) is 8.00. The lowest BCUT2D eigenvalue weighted by atomic mass is 10.1. The first kappa shape index (κ1) is 20.1. The summed E-state index contributed by atoms with van der Waals surface area (Å²) in [6, 6.07) is 17.1. The Hall–Kier alpha value is -1.91. The van der Waals surface area contributed by atoms with E-state index in [9.17, 15) is 4.79 Å². The van der Waals surface area contributed by atoms with Crippen LogP contribution in [0, 0.1) is 0 Å². The number of para-hydroxylation sites is 1. The molecule has 1 fully saturated rings. The number of benzene rings is 2. The smallest absolute Gasteiger partial charge is 0.338 e. The SMILES string of the molecule is Cl.Cl.Nc1ccc(C(=O)OC2CCCN(c3ccccc3)C2)cc1. The number of nitrogens with zero attached hydrogens (tertiary/aromatic N) is 1. The molecule has 4 nitrogen and oxygen atoms in total. The molecule has 2 N–H and O–H groups in total. The summed E-state index contributed by atoms with van der Waals surface area (Å²) < 4.78 is 5.65. The Balaban J connectivity index is 0.00000144. The topological polar surface area (TPSA) is 55.6 Å². The van der Waals surface area contributed by atoms with Gasteiger partial charge in [0.25, 0.3) is 0 Å². The predicted molar refractivity (Wildman–Crippen MR) is 102 cm³/mol. The van der Waals surface area contributed by atoms with Crippen LogP contribution in [-0.2, 0) is 4.74 Å². The highest BCUT2D eigenvalue weighted by Crippen LogP contribution is 2.21. The van der Waals surface area contributed by atoms with Crippen LogP contribution in [0.25, 0.3) is 0 Å². The van der Waals surface area contributed by atoms with Gasteiger partial charge < -0.3 is 15.4 Å². The maximum Gasteiger partial charge on any atom is 0.338 e. The van der Waals surface area contributed by atoms with Crippen molar-refractivity contribution in [2.45, 2.75) is 18.9 Å². The molecule has 1 unspecified atom stereocenters. The summed E-state index contributed by atoms with van der Waals surface area (Å²) in [7, 11) is 0. The highest BCUT2D eigenvalue weighted by molar-refractivity contribution is 5.89. The van der Waals surface area contributed by atoms with Gasteiger partial charge in [-0.05, 0) is 49.2 Å². The second kappa shape index (κ2) is 9.40. The molecule has 0 bridgehead atoms. The number of rotatable bonds is 3. The van der Waals surface area contributed by atoms with Gasteiger partial charge in [-0.2, -0.15) is 0 Å². The summed E-state index contributed by atoms with van der Waals surface area (Å²) >= 11 is 0. The van der Waals surface area contributed by atoms with Gasteiger partial charge >= 0.3 is 5.97 Å². The molecular weight excluding hydrogens is 347 g/mol. The molecule has 0 radical (unpaired) electrons. The third-order valence-corrected chi connectivity index (χ3v) is 3.92. The van der Waals surface area contributed by atoms with Gasteiger partial charge in [0, 0.05) is 17.9 Å². The van der Waals surface area contributed by atoms with E-state index in [0.29, 0.717) is 11.3 Å². The first-order valence-corrected chi connectivity index (χ1v) is 7.59. The van der Waals surface area contributed by atoms with E-state index in [2.05, 4.69) is 17.0 Å². The van der Waals surface area contributed by atoms with Crippen LogP contribution >= 0.6 is 24.8 Å². The number of ether oxygens (including phenoxy) is 1. The summed E-state index contributed by atoms with van der Waals surface area (Å²) in [5.74, 6) is -0.278. The van der Waals surface area contributed by atoms with Crippen molar-refractivity contribution >= 4 is 42.2 Å². The van der Waals surface area contributed by atoms with Crippen LogP contribution < -0.4 is 10.6 Å². The minimum absolute atomic E-state index is 0. The van der Waals surface area contributed by atoms with Gasteiger partial charge in [0.1, 0.15) is 6.10 Å². The Morgan fingerprint density at radius 3 is 2.38 bits per heavy atom. The average Bonchev–Trinajstić information content (AvgIpc) is 2.56. The third-order valence-electron chi connectivity index (χ3n) is 3.92.